The van der Waals surface area contributed by atoms with Crippen LogP contribution in [0.3, 0.4) is 0 Å². The topological polar surface area (TPSA) is 24.9 Å². The van der Waals surface area contributed by atoms with Crippen LogP contribution in [0.4, 0.5) is 18.9 Å². The molecule has 0 aliphatic carbocycles. The maximum Gasteiger partial charge on any atom is 0.418 e. The molecule has 1 atom stereocenters. The van der Waals surface area contributed by atoms with Gasteiger partial charge in [0.15, 0.2) is 0 Å². The van der Waals surface area contributed by atoms with Gasteiger partial charge in [0.2, 0.25) is 0 Å². The molecule has 0 spiro atoms. The number of aromatic nitrogens is 1. The minimum atomic E-state index is -4.40. The molecule has 21 heavy (non-hydrogen) atoms. The van der Waals surface area contributed by atoms with Gasteiger partial charge < -0.3 is 5.32 Å². The molecule has 0 saturated heterocycles. The van der Waals surface area contributed by atoms with Crippen LogP contribution in [0.15, 0.2) is 28.9 Å². The van der Waals surface area contributed by atoms with Gasteiger partial charge in [0.25, 0.3) is 0 Å². The molecule has 0 amide bonds. The first-order valence-electron chi connectivity index (χ1n) is 6.39. The molecule has 1 aromatic heterocycles. The lowest BCUT2D eigenvalue weighted by molar-refractivity contribution is -0.137. The zero-order valence-corrected chi connectivity index (χ0v) is 13.9. The number of hydrogen-bond donors (Lipinski definition) is 1. The molecule has 0 radical (unpaired) electrons. The van der Waals surface area contributed by atoms with Gasteiger partial charge in [-0.3, -0.25) is 0 Å². The second kappa shape index (κ2) is 6.36. The predicted molar refractivity (Wildman–Crippen MR) is 82.7 cm³/mol. The first kappa shape index (κ1) is 16.3. The van der Waals surface area contributed by atoms with Gasteiger partial charge in [-0.25, -0.2) is 4.98 Å². The van der Waals surface area contributed by atoms with Crippen molar-refractivity contribution in [1.29, 1.82) is 0 Å². The van der Waals surface area contributed by atoms with Crippen LogP contribution in [0.2, 0.25) is 0 Å². The van der Waals surface area contributed by atoms with E-state index < -0.39 is 11.7 Å². The highest BCUT2D eigenvalue weighted by Crippen LogP contribution is 2.38. The Balaban J connectivity index is 2.26. The van der Waals surface area contributed by atoms with Gasteiger partial charge in [-0.15, -0.1) is 11.3 Å². The Hall–Kier alpha value is -1.08. The number of rotatable bonds is 4. The summed E-state index contributed by atoms with van der Waals surface area (Å²) in [6.45, 7) is 3.83. The van der Waals surface area contributed by atoms with E-state index >= 15 is 0 Å². The molecular formula is C14H14BrF3N2S. The average molecular weight is 379 g/mol. The van der Waals surface area contributed by atoms with Crippen LogP contribution >= 0.6 is 27.3 Å². The largest absolute Gasteiger partial charge is 0.418 e. The van der Waals surface area contributed by atoms with Crippen LogP contribution in [0, 0.1) is 0 Å². The number of thiazole rings is 1. The van der Waals surface area contributed by atoms with Gasteiger partial charge in [0, 0.05) is 21.2 Å². The van der Waals surface area contributed by atoms with Gasteiger partial charge in [0.05, 0.1) is 11.6 Å². The van der Waals surface area contributed by atoms with E-state index in [2.05, 4.69) is 26.2 Å². The fourth-order valence-electron chi connectivity index (χ4n) is 1.86. The minimum absolute atomic E-state index is 0.0615. The van der Waals surface area contributed by atoms with Crippen molar-refractivity contribution in [2.45, 2.75) is 32.5 Å². The first-order chi connectivity index (χ1) is 9.81. The van der Waals surface area contributed by atoms with Crippen molar-refractivity contribution >= 4 is 33.0 Å². The van der Waals surface area contributed by atoms with E-state index in [9.17, 15) is 13.2 Å². The van der Waals surface area contributed by atoms with E-state index in [1.165, 1.54) is 17.4 Å². The number of aryl methyl sites for hydroxylation is 1. The number of alkyl halides is 3. The summed E-state index contributed by atoms with van der Waals surface area (Å²) in [5.74, 6) is 0. The molecule has 0 aliphatic rings. The molecule has 0 bridgehead atoms. The van der Waals surface area contributed by atoms with Crippen LogP contribution in [-0.4, -0.2) is 4.98 Å². The van der Waals surface area contributed by atoms with Crippen molar-refractivity contribution in [3.63, 3.8) is 0 Å². The summed E-state index contributed by atoms with van der Waals surface area (Å²) in [6.07, 6.45) is -1.76. The van der Waals surface area contributed by atoms with Crippen LogP contribution < -0.4 is 5.32 Å². The zero-order valence-electron chi connectivity index (χ0n) is 11.5. The lowest BCUT2D eigenvalue weighted by Gasteiger charge is -2.18. The van der Waals surface area contributed by atoms with Gasteiger partial charge in [-0.05, 0) is 31.5 Å². The normalized spacial score (nSPS) is 13.2. The van der Waals surface area contributed by atoms with Crippen molar-refractivity contribution < 1.29 is 13.2 Å². The van der Waals surface area contributed by atoms with Crippen LogP contribution in [-0.2, 0) is 12.6 Å². The Labute approximate surface area is 133 Å². The molecule has 1 N–H and O–H groups in total. The Morgan fingerprint density at radius 2 is 2.10 bits per heavy atom. The molecule has 0 aliphatic heterocycles. The Morgan fingerprint density at radius 3 is 2.67 bits per heavy atom. The van der Waals surface area contributed by atoms with Crippen molar-refractivity contribution in [2.24, 2.45) is 0 Å². The third-order valence-corrected chi connectivity index (χ3v) is 4.77. The number of benzene rings is 1. The third-order valence-electron chi connectivity index (χ3n) is 2.95. The molecule has 0 fully saturated rings. The minimum Gasteiger partial charge on any atom is -0.376 e. The standard InChI is InChI=1S/C14H14BrF3N2S/c1-3-10-7-19-13(21-10)8(2)20-12-5-4-9(15)6-11(12)14(16,17)18/h4-8,20H,3H2,1-2H3. The van der Waals surface area contributed by atoms with E-state index in [1.54, 1.807) is 19.2 Å². The van der Waals surface area contributed by atoms with E-state index in [4.69, 9.17) is 0 Å². The second-order valence-electron chi connectivity index (χ2n) is 4.57. The Bertz CT molecular complexity index is 625. The number of hydrogen-bond acceptors (Lipinski definition) is 3. The van der Waals surface area contributed by atoms with E-state index in [0.717, 1.165) is 22.4 Å². The number of nitrogens with zero attached hydrogens (tertiary/aromatic N) is 1. The summed E-state index contributed by atoms with van der Waals surface area (Å²) < 4.78 is 39.6. The fraction of sp³-hybridized carbons (Fsp3) is 0.357. The van der Waals surface area contributed by atoms with Gasteiger partial charge in [-0.2, -0.15) is 13.2 Å². The molecule has 114 valence electrons. The summed E-state index contributed by atoms with van der Waals surface area (Å²) in [4.78, 5) is 5.37. The average Bonchev–Trinajstić information content (AvgIpc) is 2.88. The second-order valence-corrected chi connectivity index (χ2v) is 6.63. The summed E-state index contributed by atoms with van der Waals surface area (Å²) in [5, 5.41) is 3.69. The molecule has 1 heterocycles. The highest BCUT2D eigenvalue weighted by atomic mass is 79.9. The van der Waals surface area contributed by atoms with Crippen molar-refractivity contribution in [3.05, 3.63) is 44.3 Å². The Kier molecular flexibility index (Phi) is 4.93. The van der Waals surface area contributed by atoms with E-state index in [1.807, 2.05) is 6.92 Å². The van der Waals surface area contributed by atoms with Crippen molar-refractivity contribution in [1.82, 2.24) is 4.98 Å². The molecular weight excluding hydrogens is 365 g/mol. The monoisotopic (exact) mass is 378 g/mol. The molecule has 1 aromatic carbocycles. The third kappa shape index (κ3) is 3.97. The lowest BCUT2D eigenvalue weighted by Crippen LogP contribution is -2.13. The summed E-state index contributed by atoms with van der Waals surface area (Å²) in [6, 6.07) is 3.81. The van der Waals surface area contributed by atoms with E-state index in [0.29, 0.717) is 4.47 Å². The van der Waals surface area contributed by atoms with Crippen LogP contribution in [0.5, 0.6) is 0 Å². The molecule has 2 rings (SSSR count). The van der Waals surface area contributed by atoms with Gasteiger partial charge >= 0.3 is 6.18 Å². The molecule has 1 unspecified atom stereocenters. The summed E-state index contributed by atoms with van der Waals surface area (Å²) >= 11 is 4.59. The SMILES string of the molecule is CCc1cnc(C(C)Nc2ccc(Br)cc2C(F)(F)F)s1. The summed E-state index contributed by atoms with van der Waals surface area (Å²) in [7, 11) is 0. The highest BCUT2D eigenvalue weighted by Gasteiger charge is 2.34. The van der Waals surface area contributed by atoms with Gasteiger partial charge in [-0.1, -0.05) is 22.9 Å². The maximum absolute atomic E-state index is 13.1. The van der Waals surface area contributed by atoms with Crippen LogP contribution in [0.25, 0.3) is 0 Å². The molecule has 0 saturated carbocycles. The number of halogens is 4. The molecule has 2 aromatic rings. The molecule has 7 heteroatoms. The maximum atomic E-state index is 13.1. The van der Waals surface area contributed by atoms with Crippen LogP contribution in [0.1, 0.15) is 35.3 Å². The van der Waals surface area contributed by atoms with Gasteiger partial charge in [0.1, 0.15) is 5.01 Å². The molecule has 2 nitrogen and oxygen atoms in total. The fourth-order valence-corrected chi connectivity index (χ4v) is 3.08. The summed E-state index contributed by atoms with van der Waals surface area (Å²) in [5.41, 5.74) is -0.623. The smallest absolute Gasteiger partial charge is 0.376 e. The van der Waals surface area contributed by atoms with E-state index in [-0.39, 0.29) is 11.7 Å². The zero-order chi connectivity index (χ0) is 15.6. The predicted octanol–water partition coefficient (Wildman–Crippen LogP) is 5.66. The number of anilines is 1. The van der Waals surface area contributed by atoms with Crippen molar-refractivity contribution in [3.8, 4) is 0 Å². The van der Waals surface area contributed by atoms with Crippen molar-refractivity contribution in [2.75, 3.05) is 5.32 Å². The first-order valence-corrected chi connectivity index (χ1v) is 8.00. The highest BCUT2D eigenvalue weighted by molar-refractivity contribution is 9.10. The quantitative estimate of drug-likeness (QED) is 0.742. The Morgan fingerprint density at radius 1 is 1.38 bits per heavy atom. The number of nitrogens with one attached hydrogen (secondary N) is 1. The lowest BCUT2D eigenvalue weighted by atomic mass is 10.1.